The molecule has 0 bridgehead atoms. The highest BCUT2D eigenvalue weighted by molar-refractivity contribution is 8.15. The Morgan fingerprint density at radius 2 is 2.50 bits per heavy atom. The first-order valence-electron chi connectivity index (χ1n) is 3.61. The van der Waals surface area contributed by atoms with Crippen LogP contribution >= 0.6 is 11.8 Å². The number of nitrogens with one attached hydrogen (secondary N) is 1. The maximum absolute atomic E-state index is 4.22. The summed E-state index contributed by atoms with van der Waals surface area (Å²) in [5.41, 5.74) is 5.52. The van der Waals surface area contributed by atoms with E-state index in [2.05, 4.69) is 22.1 Å². The molecule has 0 fully saturated rings. The molecule has 1 aliphatic heterocycles. The van der Waals surface area contributed by atoms with Crippen molar-refractivity contribution in [2.75, 3.05) is 6.54 Å². The molecule has 12 heavy (non-hydrogen) atoms. The van der Waals surface area contributed by atoms with Crippen LogP contribution in [0.5, 0.6) is 0 Å². The average Bonchev–Trinajstić information content (AvgIpc) is 2.02. The van der Waals surface area contributed by atoms with E-state index in [0.29, 0.717) is 0 Å². The first kappa shape index (κ1) is 9.06. The highest BCUT2D eigenvalue weighted by Gasteiger charge is 1.91. The number of hydrogen-bond donors (Lipinski definition) is 1. The summed E-state index contributed by atoms with van der Waals surface area (Å²) < 4.78 is 0. The molecule has 0 aliphatic carbocycles. The molecule has 1 N–H and O–H groups in total. The molecular weight excluding hydrogens is 170 g/mol. The van der Waals surface area contributed by atoms with Gasteiger partial charge in [-0.3, -0.25) is 0 Å². The van der Waals surface area contributed by atoms with E-state index in [1.54, 1.807) is 5.55 Å². The summed E-state index contributed by atoms with van der Waals surface area (Å²) >= 11 is 1.41. The average molecular weight is 181 g/mol. The van der Waals surface area contributed by atoms with E-state index in [4.69, 9.17) is 0 Å². The second kappa shape index (κ2) is 4.77. The molecule has 1 aliphatic rings. The van der Waals surface area contributed by atoms with E-state index < -0.39 is 0 Å². The minimum Gasteiger partial charge on any atom is -0.306 e. The van der Waals surface area contributed by atoms with Gasteiger partial charge in [-0.1, -0.05) is 24.4 Å². The van der Waals surface area contributed by atoms with Crippen LogP contribution in [0.2, 0.25) is 0 Å². The van der Waals surface area contributed by atoms with Crippen LogP contribution in [0.1, 0.15) is 6.92 Å². The lowest BCUT2D eigenvalue weighted by molar-refractivity contribution is 0.833. The fraction of sp³-hybridized carbons (Fsp3) is 0.250. The number of nitrogens with zero attached hydrogens (tertiary/aromatic N) is 2. The van der Waals surface area contributed by atoms with Crippen molar-refractivity contribution < 1.29 is 0 Å². The predicted molar refractivity (Wildman–Crippen MR) is 55.5 cm³/mol. The maximum atomic E-state index is 4.22. The largest absolute Gasteiger partial charge is 0.306 e. The number of hydrogen-bond acceptors (Lipinski definition) is 4. The Labute approximate surface area is 76.3 Å². The number of rotatable bonds is 0. The predicted octanol–water partition coefficient (Wildman–Crippen LogP) is 1.75. The van der Waals surface area contributed by atoms with Crippen LogP contribution in [0.15, 0.2) is 33.9 Å². The van der Waals surface area contributed by atoms with Gasteiger partial charge in [0.05, 0.1) is 17.1 Å². The van der Waals surface area contributed by atoms with Gasteiger partial charge in [-0.15, -0.1) is 0 Å². The standard InChI is InChI=1S/C8H11N3S/c1-7-4-3-5-9-10-6-12-8(2)11-7/h3-4,6,9H,2,5H2,1H3/b4-3-,10-6?,11-7-. The molecule has 4 heteroatoms. The summed E-state index contributed by atoms with van der Waals surface area (Å²) in [6.45, 7) is 6.44. The highest BCUT2D eigenvalue weighted by Crippen LogP contribution is 2.11. The molecule has 0 unspecified atom stereocenters. The van der Waals surface area contributed by atoms with Gasteiger partial charge in [0.1, 0.15) is 0 Å². The third kappa shape index (κ3) is 3.39. The van der Waals surface area contributed by atoms with E-state index in [0.717, 1.165) is 17.3 Å². The van der Waals surface area contributed by atoms with Gasteiger partial charge in [-0.25, -0.2) is 4.99 Å². The molecule has 0 aromatic rings. The van der Waals surface area contributed by atoms with E-state index in [9.17, 15) is 0 Å². The molecule has 0 atom stereocenters. The third-order valence-corrected chi connectivity index (χ3v) is 1.78. The molecule has 64 valence electrons. The zero-order valence-electron chi connectivity index (χ0n) is 6.95. The molecular formula is C8H11N3S. The van der Waals surface area contributed by atoms with Crippen LogP contribution in [0.3, 0.4) is 0 Å². The lowest BCUT2D eigenvalue weighted by atomic mass is 10.3. The van der Waals surface area contributed by atoms with Crippen LogP contribution < -0.4 is 5.43 Å². The van der Waals surface area contributed by atoms with Gasteiger partial charge in [0.25, 0.3) is 0 Å². The quantitative estimate of drug-likeness (QED) is 0.618. The van der Waals surface area contributed by atoms with Crippen LogP contribution in [-0.4, -0.2) is 17.8 Å². The van der Waals surface area contributed by atoms with Crippen molar-refractivity contribution in [1.29, 1.82) is 0 Å². The van der Waals surface area contributed by atoms with Crippen molar-refractivity contribution in [2.45, 2.75) is 6.92 Å². The molecule has 0 saturated heterocycles. The Morgan fingerprint density at radius 1 is 1.67 bits per heavy atom. The van der Waals surface area contributed by atoms with E-state index in [-0.39, 0.29) is 0 Å². The molecule has 1 heterocycles. The van der Waals surface area contributed by atoms with Crippen LogP contribution in [0.25, 0.3) is 0 Å². The van der Waals surface area contributed by atoms with Crippen LogP contribution in [0, 0.1) is 0 Å². The van der Waals surface area contributed by atoms with Crippen LogP contribution in [0.4, 0.5) is 0 Å². The summed E-state index contributed by atoms with van der Waals surface area (Å²) in [6, 6.07) is 0. The Balaban J connectivity index is 2.71. The molecule has 0 aromatic heterocycles. The number of hydrazone groups is 1. The lowest BCUT2D eigenvalue weighted by Gasteiger charge is -1.99. The minimum absolute atomic E-state index is 0.733. The fourth-order valence-electron chi connectivity index (χ4n) is 0.720. The summed E-state index contributed by atoms with van der Waals surface area (Å²) in [6.07, 6.45) is 3.92. The SMILES string of the molecule is C=C1/N=C(C)\C=C/CNN=CS1. The zero-order valence-corrected chi connectivity index (χ0v) is 7.77. The molecule has 0 amide bonds. The van der Waals surface area contributed by atoms with Crippen LogP contribution in [-0.2, 0) is 0 Å². The van der Waals surface area contributed by atoms with Gasteiger partial charge in [-0.2, -0.15) is 5.10 Å². The zero-order chi connectivity index (χ0) is 8.81. The van der Waals surface area contributed by atoms with Crippen molar-refractivity contribution in [3.05, 3.63) is 23.8 Å². The van der Waals surface area contributed by atoms with Crippen molar-refractivity contribution in [3.63, 3.8) is 0 Å². The van der Waals surface area contributed by atoms with Gasteiger partial charge in [0, 0.05) is 5.71 Å². The molecule has 0 saturated carbocycles. The Hall–Kier alpha value is -1.03. The molecule has 0 aromatic carbocycles. The minimum atomic E-state index is 0.733. The number of aliphatic imine (C=N–C) groups is 1. The van der Waals surface area contributed by atoms with Gasteiger partial charge >= 0.3 is 0 Å². The van der Waals surface area contributed by atoms with Gasteiger partial charge in [0.2, 0.25) is 0 Å². The number of allylic oxidation sites excluding steroid dienone is 1. The van der Waals surface area contributed by atoms with Crippen molar-refractivity contribution in [3.8, 4) is 0 Å². The maximum Gasteiger partial charge on any atom is 0.0948 e. The molecule has 1 rings (SSSR count). The summed E-state index contributed by atoms with van der Waals surface area (Å²) in [5, 5.41) is 4.67. The summed E-state index contributed by atoms with van der Waals surface area (Å²) in [5.74, 6) is 0. The molecule has 3 nitrogen and oxygen atoms in total. The first-order valence-corrected chi connectivity index (χ1v) is 4.49. The van der Waals surface area contributed by atoms with Gasteiger partial charge < -0.3 is 5.43 Å². The topological polar surface area (TPSA) is 36.8 Å². The monoisotopic (exact) mass is 181 g/mol. The van der Waals surface area contributed by atoms with Crippen molar-refractivity contribution in [2.24, 2.45) is 10.1 Å². The van der Waals surface area contributed by atoms with Crippen molar-refractivity contribution in [1.82, 2.24) is 5.43 Å². The third-order valence-electron chi connectivity index (χ3n) is 1.20. The van der Waals surface area contributed by atoms with E-state index in [1.807, 2.05) is 19.1 Å². The Kier molecular flexibility index (Phi) is 3.60. The smallest absolute Gasteiger partial charge is 0.0948 e. The Bertz CT molecular complexity index is 253. The summed E-state index contributed by atoms with van der Waals surface area (Å²) in [7, 11) is 0. The Morgan fingerprint density at radius 3 is 3.33 bits per heavy atom. The molecule has 0 spiro atoms. The lowest BCUT2D eigenvalue weighted by Crippen LogP contribution is -2.05. The molecule has 0 radical (unpaired) electrons. The van der Waals surface area contributed by atoms with E-state index in [1.165, 1.54) is 11.8 Å². The normalized spacial score (nSPS) is 25.4. The highest BCUT2D eigenvalue weighted by atomic mass is 32.2. The van der Waals surface area contributed by atoms with Crippen molar-refractivity contribution >= 4 is 23.0 Å². The summed E-state index contributed by atoms with van der Waals surface area (Å²) in [4.78, 5) is 4.22. The number of thioether (sulfide) groups is 1. The fourth-order valence-corrected chi connectivity index (χ4v) is 1.17. The van der Waals surface area contributed by atoms with Gasteiger partial charge in [-0.05, 0) is 13.0 Å². The first-order chi connectivity index (χ1) is 5.79. The second-order valence-corrected chi connectivity index (χ2v) is 3.18. The van der Waals surface area contributed by atoms with E-state index >= 15 is 0 Å². The second-order valence-electron chi connectivity index (χ2n) is 2.26. The van der Waals surface area contributed by atoms with Gasteiger partial charge in [0.15, 0.2) is 0 Å².